The molecule has 2 radical (unpaired) electrons. The zero-order valence-corrected chi connectivity index (χ0v) is 14.5. The number of aromatic nitrogens is 4. The number of rotatable bonds is 5. The third-order valence-corrected chi connectivity index (χ3v) is 4.88. The number of hydrogen-bond donors (Lipinski definition) is 2. The van der Waals surface area contributed by atoms with Crippen molar-refractivity contribution in [2.45, 2.75) is 19.4 Å². The molecule has 0 atom stereocenters. The van der Waals surface area contributed by atoms with Crippen LogP contribution in [0.5, 0.6) is 0 Å². The van der Waals surface area contributed by atoms with Crippen molar-refractivity contribution in [1.82, 2.24) is 19.6 Å². The van der Waals surface area contributed by atoms with Crippen LogP contribution in [-0.4, -0.2) is 52.2 Å². The van der Waals surface area contributed by atoms with Gasteiger partial charge in [-0.25, -0.2) is 4.98 Å². The molecule has 1 aliphatic rings. The zero-order chi connectivity index (χ0) is 17.9. The minimum atomic E-state index is 0.258. The fraction of sp³-hybridized carbons (Fsp3) is 0.389. The Hall–Kier alpha value is -2.61. The van der Waals surface area contributed by atoms with Crippen molar-refractivity contribution in [2.24, 2.45) is 5.92 Å². The van der Waals surface area contributed by atoms with E-state index in [2.05, 4.69) is 20.3 Å². The number of piperidine rings is 1. The monoisotopic (exact) mass is 348 g/mol. The molecule has 2 N–H and O–H groups in total. The molecule has 3 aromatic rings. The molecule has 0 spiro atoms. The second-order valence-corrected chi connectivity index (χ2v) is 6.66. The predicted octanol–water partition coefficient (Wildman–Crippen LogP) is 0.739. The van der Waals surface area contributed by atoms with E-state index in [-0.39, 0.29) is 6.61 Å². The Morgan fingerprint density at radius 1 is 1.27 bits per heavy atom. The third-order valence-electron chi connectivity index (χ3n) is 4.88. The lowest BCUT2D eigenvalue weighted by atomic mass is 9.98. The first-order chi connectivity index (χ1) is 12.7. The number of aliphatic hydroxyl groups is 1. The molecule has 1 fully saturated rings. The largest absolute Gasteiger partial charge is 0.396 e. The van der Waals surface area contributed by atoms with Crippen LogP contribution >= 0.6 is 0 Å². The number of nitrogens with one attached hydrogen (secondary N) is 1. The van der Waals surface area contributed by atoms with Crippen molar-refractivity contribution in [2.75, 3.05) is 29.9 Å². The van der Waals surface area contributed by atoms with Crippen LogP contribution < -0.4 is 15.7 Å². The van der Waals surface area contributed by atoms with E-state index < -0.39 is 0 Å². The first kappa shape index (κ1) is 16.8. The molecule has 0 saturated carbocycles. The molecule has 0 amide bonds. The van der Waals surface area contributed by atoms with Crippen molar-refractivity contribution in [3.8, 4) is 0 Å². The van der Waals surface area contributed by atoms with E-state index in [1.807, 2.05) is 24.4 Å². The van der Waals surface area contributed by atoms with Gasteiger partial charge >= 0.3 is 0 Å². The molecule has 0 bridgehead atoms. The molecule has 0 unspecified atom stereocenters. The van der Waals surface area contributed by atoms with Crippen LogP contribution in [-0.2, 0) is 6.54 Å². The number of pyridine rings is 1. The highest BCUT2D eigenvalue weighted by atomic mass is 16.3. The van der Waals surface area contributed by atoms with E-state index in [9.17, 15) is 5.11 Å². The third kappa shape index (κ3) is 3.37. The quantitative estimate of drug-likeness (QED) is 0.663. The van der Waals surface area contributed by atoms with E-state index >= 15 is 0 Å². The fourth-order valence-corrected chi connectivity index (χ4v) is 3.29. The summed E-state index contributed by atoms with van der Waals surface area (Å²) in [6.07, 6.45) is 7.16. The summed E-state index contributed by atoms with van der Waals surface area (Å²) in [6.45, 7) is 2.65. The summed E-state index contributed by atoms with van der Waals surface area (Å²) in [5, 5.41) is 17.1. The van der Waals surface area contributed by atoms with Crippen LogP contribution in [0.4, 0.5) is 11.6 Å². The highest BCUT2D eigenvalue weighted by molar-refractivity contribution is 6.36. The van der Waals surface area contributed by atoms with Crippen LogP contribution in [0.3, 0.4) is 0 Å². The average Bonchev–Trinajstić information content (AvgIpc) is 3.08. The molecular weight excluding hydrogens is 327 g/mol. The predicted molar refractivity (Wildman–Crippen MR) is 102 cm³/mol. The van der Waals surface area contributed by atoms with E-state index in [0.717, 1.165) is 43.1 Å². The van der Waals surface area contributed by atoms with Gasteiger partial charge in [0.25, 0.3) is 0 Å². The number of nitrogens with zero attached hydrogens (tertiary/aromatic N) is 5. The van der Waals surface area contributed by atoms with Crippen LogP contribution in [0, 0.1) is 5.92 Å². The number of hydrogen-bond acceptors (Lipinski definition) is 6. The highest BCUT2D eigenvalue weighted by Crippen LogP contribution is 2.24. The van der Waals surface area contributed by atoms with Crippen LogP contribution in [0.25, 0.3) is 5.65 Å². The number of anilines is 2. The lowest BCUT2D eigenvalue weighted by Gasteiger charge is -2.32. The lowest BCUT2D eigenvalue weighted by molar-refractivity contribution is 0.203. The lowest BCUT2D eigenvalue weighted by Crippen LogP contribution is -2.35. The van der Waals surface area contributed by atoms with Crippen molar-refractivity contribution in [1.29, 1.82) is 0 Å². The Morgan fingerprint density at radius 2 is 2.12 bits per heavy atom. The minimum absolute atomic E-state index is 0.258. The maximum absolute atomic E-state index is 9.34. The Bertz CT molecular complexity index is 876. The first-order valence-corrected chi connectivity index (χ1v) is 8.87. The fourth-order valence-electron chi connectivity index (χ4n) is 3.29. The Morgan fingerprint density at radius 3 is 2.85 bits per heavy atom. The van der Waals surface area contributed by atoms with E-state index in [1.54, 1.807) is 16.9 Å². The second-order valence-electron chi connectivity index (χ2n) is 6.66. The van der Waals surface area contributed by atoms with Gasteiger partial charge in [0.2, 0.25) is 0 Å². The van der Waals surface area contributed by atoms with Gasteiger partial charge in [0.1, 0.15) is 19.5 Å². The zero-order valence-electron chi connectivity index (χ0n) is 14.5. The van der Waals surface area contributed by atoms with Crippen molar-refractivity contribution >= 4 is 30.6 Å². The van der Waals surface area contributed by atoms with Crippen LogP contribution in [0.1, 0.15) is 18.4 Å². The molecule has 1 aliphatic heterocycles. The average molecular weight is 348 g/mol. The molecule has 4 heterocycles. The van der Waals surface area contributed by atoms with Gasteiger partial charge in [-0.3, -0.25) is 4.98 Å². The number of fused-ring (bicyclic) bond motifs is 1. The molecule has 8 heteroatoms. The molecular formula is C18H21BN6O. The van der Waals surface area contributed by atoms with Gasteiger partial charge in [0.05, 0.1) is 0 Å². The molecule has 3 aromatic heterocycles. The Kier molecular flexibility index (Phi) is 4.75. The molecule has 4 rings (SSSR count). The van der Waals surface area contributed by atoms with Crippen molar-refractivity contribution in [3.05, 3.63) is 42.4 Å². The van der Waals surface area contributed by atoms with E-state index in [4.69, 9.17) is 12.8 Å². The summed E-state index contributed by atoms with van der Waals surface area (Å²) < 4.78 is 1.73. The van der Waals surface area contributed by atoms with Gasteiger partial charge in [-0.05, 0) is 35.9 Å². The molecule has 132 valence electrons. The molecule has 7 nitrogen and oxygen atoms in total. The SMILES string of the molecule is [B]c1cnn2c(NCc3cccnc3)cc(N3CCC(CO)CC3)nc12. The minimum Gasteiger partial charge on any atom is -0.396 e. The molecule has 1 saturated heterocycles. The summed E-state index contributed by atoms with van der Waals surface area (Å²) >= 11 is 0. The Labute approximate surface area is 153 Å². The van der Waals surface area contributed by atoms with Gasteiger partial charge in [0.15, 0.2) is 5.65 Å². The van der Waals surface area contributed by atoms with Crippen LogP contribution in [0.15, 0.2) is 36.8 Å². The maximum atomic E-state index is 9.34. The second kappa shape index (κ2) is 7.33. The molecule has 0 aliphatic carbocycles. The van der Waals surface area contributed by atoms with Crippen molar-refractivity contribution < 1.29 is 5.11 Å². The molecule has 0 aromatic carbocycles. The van der Waals surface area contributed by atoms with Gasteiger partial charge < -0.3 is 15.3 Å². The van der Waals surface area contributed by atoms with Crippen LogP contribution in [0.2, 0.25) is 0 Å². The van der Waals surface area contributed by atoms with Crippen molar-refractivity contribution in [3.63, 3.8) is 0 Å². The normalized spacial score (nSPS) is 15.5. The summed E-state index contributed by atoms with van der Waals surface area (Å²) in [4.78, 5) is 11.1. The van der Waals surface area contributed by atoms with Gasteiger partial charge in [-0.1, -0.05) is 6.07 Å². The highest BCUT2D eigenvalue weighted by Gasteiger charge is 2.21. The topological polar surface area (TPSA) is 78.6 Å². The summed E-state index contributed by atoms with van der Waals surface area (Å²) in [6, 6.07) is 5.95. The van der Waals surface area contributed by atoms with Gasteiger partial charge in [-0.15, -0.1) is 0 Å². The van der Waals surface area contributed by atoms with Gasteiger partial charge in [-0.2, -0.15) is 9.61 Å². The standard InChI is InChI=1S/C18H21BN6O/c19-15-11-22-25-16(21-10-14-2-1-5-20-9-14)8-17(23-18(15)25)24-6-3-13(12-26)4-7-24/h1-2,5,8-9,11,13,21,26H,3-4,6-7,10,12H2. The smallest absolute Gasteiger partial charge is 0.152 e. The number of aliphatic hydroxyl groups excluding tert-OH is 1. The molecule has 26 heavy (non-hydrogen) atoms. The first-order valence-electron chi connectivity index (χ1n) is 8.87. The summed E-state index contributed by atoms with van der Waals surface area (Å²) in [5.74, 6) is 2.11. The van der Waals surface area contributed by atoms with E-state index in [0.29, 0.717) is 23.6 Å². The van der Waals surface area contributed by atoms with Gasteiger partial charge in [0, 0.05) is 50.9 Å². The summed E-state index contributed by atoms with van der Waals surface area (Å²) in [7, 11) is 6.06. The van der Waals surface area contributed by atoms with E-state index in [1.165, 1.54) is 0 Å². The maximum Gasteiger partial charge on any atom is 0.152 e. The summed E-state index contributed by atoms with van der Waals surface area (Å²) in [5.41, 5.74) is 2.30. The Balaban J connectivity index is 1.61.